The van der Waals surface area contributed by atoms with Gasteiger partial charge in [0.2, 0.25) is 0 Å². The van der Waals surface area contributed by atoms with E-state index in [9.17, 15) is 14.4 Å². The van der Waals surface area contributed by atoms with Crippen molar-refractivity contribution < 1.29 is 14.4 Å². The topological polar surface area (TPSA) is 69.7 Å². The molecule has 8 rings (SSSR count). The Hall–Kier alpha value is -3.67. The van der Waals surface area contributed by atoms with Gasteiger partial charge in [-0.3, -0.25) is 14.9 Å². The summed E-state index contributed by atoms with van der Waals surface area (Å²) in [6.45, 7) is 9.50. The summed E-state index contributed by atoms with van der Waals surface area (Å²) < 4.78 is 0. The second-order valence-electron chi connectivity index (χ2n) is 13.7. The van der Waals surface area contributed by atoms with E-state index in [1.165, 1.54) is 44.1 Å². The van der Waals surface area contributed by atoms with Gasteiger partial charge < -0.3 is 4.90 Å². The lowest BCUT2D eigenvalue weighted by molar-refractivity contribution is -0.122. The number of nitrogens with one attached hydrogen (secondary N) is 1. The van der Waals surface area contributed by atoms with Crippen molar-refractivity contribution >= 4 is 40.9 Å². The second-order valence-corrected chi connectivity index (χ2v) is 13.7. The van der Waals surface area contributed by atoms with Crippen molar-refractivity contribution in [1.82, 2.24) is 5.32 Å². The summed E-state index contributed by atoms with van der Waals surface area (Å²) in [4.78, 5) is 42.9. The van der Waals surface area contributed by atoms with E-state index in [-0.39, 0.29) is 16.5 Å². The van der Waals surface area contributed by atoms with Gasteiger partial charge in [0, 0.05) is 17.8 Å². The molecule has 4 aliphatic carbocycles. The third-order valence-corrected chi connectivity index (χ3v) is 10.5. The van der Waals surface area contributed by atoms with E-state index in [1.54, 1.807) is 6.08 Å². The highest BCUT2D eigenvalue weighted by Crippen LogP contribution is 2.60. The summed E-state index contributed by atoms with van der Waals surface area (Å²) in [6.07, 6.45) is 11.8. The van der Waals surface area contributed by atoms with Crippen molar-refractivity contribution in [3.63, 3.8) is 0 Å². The van der Waals surface area contributed by atoms with E-state index in [0.29, 0.717) is 5.69 Å². The maximum Gasteiger partial charge on any atom is 0.335 e. The Morgan fingerprint density at radius 3 is 2.17 bits per heavy atom. The number of nitrogens with zero attached hydrogens (tertiary/aromatic N) is 2. The van der Waals surface area contributed by atoms with Crippen molar-refractivity contribution in [2.24, 2.45) is 17.8 Å². The van der Waals surface area contributed by atoms with E-state index < -0.39 is 17.8 Å². The molecule has 4 saturated carbocycles. The van der Waals surface area contributed by atoms with Crippen LogP contribution in [0, 0.1) is 17.8 Å². The number of barbiturate groups is 1. The number of hydrogen-bond donors (Lipinski definition) is 1. The number of imide groups is 2. The van der Waals surface area contributed by atoms with E-state index in [1.807, 2.05) is 24.3 Å². The molecule has 2 heterocycles. The quantitative estimate of drug-likeness (QED) is 0.335. The maximum absolute atomic E-state index is 13.7. The van der Waals surface area contributed by atoms with Gasteiger partial charge >= 0.3 is 6.03 Å². The molecule has 5 fully saturated rings. The van der Waals surface area contributed by atoms with Crippen LogP contribution >= 0.6 is 0 Å². The number of allylic oxidation sites excluding steroid dienone is 1. The van der Waals surface area contributed by atoms with Crippen LogP contribution in [-0.2, 0) is 15.0 Å². The van der Waals surface area contributed by atoms with Crippen LogP contribution in [0.1, 0.15) is 82.9 Å². The van der Waals surface area contributed by atoms with Gasteiger partial charge in [-0.2, -0.15) is 0 Å². The minimum atomic E-state index is -0.704. The summed E-state index contributed by atoms with van der Waals surface area (Å²) >= 11 is 0. The van der Waals surface area contributed by atoms with Crippen LogP contribution in [-0.4, -0.2) is 29.9 Å². The molecule has 2 aromatic rings. The number of anilines is 2. The zero-order valence-electron chi connectivity index (χ0n) is 24.5. The highest BCUT2D eigenvalue weighted by atomic mass is 16.2. The largest absolute Gasteiger partial charge is 0.363 e. The molecule has 41 heavy (non-hydrogen) atoms. The molecule has 1 N–H and O–H groups in total. The van der Waals surface area contributed by atoms with Crippen LogP contribution in [0.25, 0.3) is 11.6 Å². The number of amides is 4. The Balaban J connectivity index is 1.18. The predicted molar refractivity (Wildman–Crippen MR) is 162 cm³/mol. The van der Waals surface area contributed by atoms with Crippen LogP contribution in [0.5, 0.6) is 0 Å². The fraction of sp³-hybridized carbons (Fsp3) is 0.457. The normalized spacial score (nSPS) is 30.9. The van der Waals surface area contributed by atoms with Crippen molar-refractivity contribution in [2.75, 3.05) is 16.3 Å². The summed E-state index contributed by atoms with van der Waals surface area (Å²) in [5.74, 6) is 1.26. The Labute approximate surface area is 242 Å². The smallest absolute Gasteiger partial charge is 0.335 e. The van der Waals surface area contributed by atoms with Gasteiger partial charge in [0.1, 0.15) is 5.57 Å². The Morgan fingerprint density at radius 2 is 1.56 bits per heavy atom. The Bertz CT molecular complexity index is 1490. The molecule has 6 aliphatic rings. The fourth-order valence-electron chi connectivity index (χ4n) is 9.26. The average Bonchev–Trinajstić information content (AvgIpc) is 2.90. The molecular formula is C35H39N3O3. The number of urea groups is 1. The summed E-state index contributed by atoms with van der Waals surface area (Å²) in [7, 11) is 0. The van der Waals surface area contributed by atoms with Gasteiger partial charge in [-0.15, -0.1) is 0 Å². The van der Waals surface area contributed by atoms with Gasteiger partial charge in [0.05, 0.1) is 11.2 Å². The van der Waals surface area contributed by atoms with Crippen LogP contribution in [0.2, 0.25) is 0 Å². The van der Waals surface area contributed by atoms with Gasteiger partial charge in [-0.25, -0.2) is 9.69 Å². The highest BCUT2D eigenvalue weighted by molar-refractivity contribution is 6.39. The highest BCUT2D eigenvalue weighted by Gasteiger charge is 2.51. The van der Waals surface area contributed by atoms with Crippen LogP contribution in [0.15, 0.2) is 54.1 Å². The lowest BCUT2D eigenvalue weighted by atomic mass is 9.48. The molecule has 0 radical (unpaired) electrons. The minimum Gasteiger partial charge on any atom is -0.363 e. The molecule has 6 heteroatoms. The van der Waals surface area contributed by atoms with Gasteiger partial charge in [-0.1, -0.05) is 24.3 Å². The van der Waals surface area contributed by atoms with Crippen molar-refractivity contribution in [1.29, 1.82) is 0 Å². The summed E-state index contributed by atoms with van der Waals surface area (Å²) in [5.41, 5.74) is 6.04. The molecule has 1 saturated heterocycles. The lowest BCUT2D eigenvalue weighted by Crippen LogP contribution is -2.54. The first-order valence-electron chi connectivity index (χ1n) is 15.2. The average molecular weight is 550 g/mol. The van der Waals surface area contributed by atoms with Crippen molar-refractivity contribution in [3.8, 4) is 0 Å². The third-order valence-electron chi connectivity index (χ3n) is 10.5. The summed E-state index contributed by atoms with van der Waals surface area (Å²) in [5, 5.41) is 2.39. The Kier molecular flexibility index (Phi) is 5.87. The number of benzene rings is 2. The molecule has 0 unspecified atom stereocenters. The molecule has 4 amide bonds. The standard InChI is InChI=1S/C35H39N3O3/c1-5-37-30-11-6-22(15-28(30)21(2)17-34(37,3)4)16-29-31(39)36-33(41)38(32(29)40)27-9-7-26(8-10-27)35-18-23-12-24(19-35)14-25(13-23)20-35/h6-11,15-17,23-25H,5,12-14,18-20H2,1-4H3,(H,36,39,41)/b29-16-. The molecule has 2 aliphatic heterocycles. The number of carbonyl (C=O) groups excluding carboxylic acids is 3. The second kappa shape index (κ2) is 9.17. The van der Waals surface area contributed by atoms with Gasteiger partial charge in [-0.05, 0) is 136 Å². The predicted octanol–water partition coefficient (Wildman–Crippen LogP) is 6.84. The summed E-state index contributed by atoms with van der Waals surface area (Å²) in [6, 6.07) is 13.3. The number of carbonyl (C=O) groups is 3. The van der Waals surface area contributed by atoms with E-state index in [2.05, 4.69) is 62.2 Å². The Morgan fingerprint density at radius 1 is 0.927 bits per heavy atom. The molecule has 2 aromatic carbocycles. The van der Waals surface area contributed by atoms with E-state index >= 15 is 0 Å². The number of hydrogen-bond acceptors (Lipinski definition) is 4. The molecular weight excluding hydrogens is 510 g/mol. The third kappa shape index (κ3) is 4.17. The zero-order valence-corrected chi connectivity index (χ0v) is 24.5. The van der Waals surface area contributed by atoms with Crippen molar-refractivity contribution in [3.05, 3.63) is 70.8 Å². The van der Waals surface area contributed by atoms with E-state index in [0.717, 1.165) is 51.6 Å². The van der Waals surface area contributed by atoms with Crippen molar-refractivity contribution in [2.45, 2.75) is 77.2 Å². The van der Waals surface area contributed by atoms with Crippen LogP contribution in [0.3, 0.4) is 0 Å². The number of fused-ring (bicyclic) bond motifs is 1. The molecule has 212 valence electrons. The molecule has 0 aromatic heterocycles. The van der Waals surface area contributed by atoms with Gasteiger partial charge in [0.15, 0.2) is 0 Å². The number of rotatable bonds is 4. The molecule has 0 spiro atoms. The monoisotopic (exact) mass is 549 g/mol. The maximum atomic E-state index is 13.7. The van der Waals surface area contributed by atoms with Crippen LogP contribution < -0.4 is 15.1 Å². The molecule has 0 atom stereocenters. The van der Waals surface area contributed by atoms with E-state index in [4.69, 9.17) is 0 Å². The first kappa shape index (κ1) is 26.2. The first-order chi connectivity index (χ1) is 19.6. The van der Waals surface area contributed by atoms with Crippen LogP contribution in [0.4, 0.5) is 16.2 Å². The van der Waals surface area contributed by atoms with Gasteiger partial charge in [0.25, 0.3) is 11.8 Å². The molecule has 6 nitrogen and oxygen atoms in total. The molecule has 4 bridgehead atoms. The SMILES string of the molecule is CCN1c2ccc(/C=C3/C(=O)NC(=O)N(c4ccc(C56CC7CC(CC(C7)C5)C6)cc4)C3=O)cc2C(C)=CC1(C)C. The lowest BCUT2D eigenvalue weighted by Gasteiger charge is -2.57. The minimum absolute atomic E-state index is 0.0418. The first-order valence-corrected chi connectivity index (χ1v) is 15.2. The fourth-order valence-corrected chi connectivity index (χ4v) is 9.26. The number of likely N-dealkylation sites (N-methyl/N-ethyl adjacent to an activating group) is 1. The zero-order chi connectivity index (χ0) is 28.7.